The number of allylic oxidation sites excluding steroid dienone is 1. The molecule has 0 saturated carbocycles. The highest BCUT2D eigenvalue weighted by Gasteiger charge is 2.27. The topological polar surface area (TPSA) is 52.2 Å². The van der Waals surface area contributed by atoms with Crippen LogP contribution in [0.25, 0.3) is 0 Å². The zero-order chi connectivity index (χ0) is 20.9. The van der Waals surface area contributed by atoms with Gasteiger partial charge in [0.15, 0.2) is 0 Å². The zero-order valence-corrected chi connectivity index (χ0v) is 17.4. The Balaban J connectivity index is 1.54. The molecule has 0 aliphatic carbocycles. The van der Waals surface area contributed by atoms with Gasteiger partial charge in [-0.2, -0.15) is 0 Å². The van der Waals surface area contributed by atoms with E-state index in [1.54, 1.807) is 6.08 Å². The van der Waals surface area contributed by atoms with E-state index < -0.39 is 0 Å². The summed E-state index contributed by atoms with van der Waals surface area (Å²) in [4.78, 5) is 24.8. The Morgan fingerprint density at radius 2 is 1.57 bits per heavy atom. The van der Waals surface area contributed by atoms with Crippen LogP contribution in [0.5, 0.6) is 0 Å². The first-order valence-electron chi connectivity index (χ1n) is 10.5. The summed E-state index contributed by atoms with van der Waals surface area (Å²) in [5.41, 5.74) is 4.01. The van der Waals surface area contributed by atoms with Crippen LogP contribution in [0.4, 0.5) is 5.95 Å². The average molecular weight is 401 g/mol. The van der Waals surface area contributed by atoms with E-state index in [0.29, 0.717) is 17.9 Å². The average Bonchev–Trinajstić information content (AvgIpc) is 2.78. The maximum absolute atomic E-state index is 12.5. The van der Waals surface area contributed by atoms with Crippen molar-refractivity contribution >= 4 is 5.95 Å². The van der Waals surface area contributed by atoms with E-state index in [9.17, 15) is 4.79 Å². The second-order valence-electron chi connectivity index (χ2n) is 7.69. The molecule has 30 heavy (non-hydrogen) atoms. The van der Waals surface area contributed by atoms with Gasteiger partial charge in [0.2, 0.25) is 5.95 Å². The maximum atomic E-state index is 12.5. The first-order chi connectivity index (χ1) is 14.7. The normalized spacial score (nSPS) is 14.8. The summed E-state index contributed by atoms with van der Waals surface area (Å²) in [5.74, 6) is 0.668. The van der Waals surface area contributed by atoms with Gasteiger partial charge >= 0.3 is 0 Å². The lowest BCUT2D eigenvalue weighted by Gasteiger charge is -2.40. The number of H-pyrrole nitrogens is 1. The zero-order valence-electron chi connectivity index (χ0n) is 17.4. The van der Waals surface area contributed by atoms with Crippen LogP contribution in [0.1, 0.15) is 28.4 Å². The van der Waals surface area contributed by atoms with E-state index in [4.69, 9.17) is 0 Å². The largest absolute Gasteiger partial charge is 0.340 e. The van der Waals surface area contributed by atoms with Crippen molar-refractivity contribution < 1.29 is 0 Å². The lowest BCUT2D eigenvalue weighted by Crippen LogP contribution is -2.48. The number of hydrogen-bond donors (Lipinski definition) is 1. The van der Waals surface area contributed by atoms with Gasteiger partial charge in [-0.1, -0.05) is 66.7 Å². The van der Waals surface area contributed by atoms with Crippen molar-refractivity contribution in [3.63, 3.8) is 0 Å². The van der Waals surface area contributed by atoms with Crippen molar-refractivity contribution in [1.29, 1.82) is 0 Å². The molecule has 5 nitrogen and oxygen atoms in total. The summed E-state index contributed by atoms with van der Waals surface area (Å²) in [6, 6.07) is 21.5. The van der Waals surface area contributed by atoms with Gasteiger partial charge in [0.25, 0.3) is 5.56 Å². The van der Waals surface area contributed by atoms with Crippen molar-refractivity contribution in [2.24, 2.45) is 0 Å². The van der Waals surface area contributed by atoms with Crippen LogP contribution in [-0.2, 0) is 6.42 Å². The van der Waals surface area contributed by atoms with Crippen LogP contribution < -0.4 is 10.5 Å². The molecule has 0 unspecified atom stereocenters. The molecule has 0 atom stereocenters. The minimum absolute atomic E-state index is 0.0636. The van der Waals surface area contributed by atoms with Gasteiger partial charge in [-0.25, -0.2) is 4.98 Å². The summed E-state index contributed by atoms with van der Waals surface area (Å²) in [5, 5.41) is 0. The Bertz CT molecular complexity index is 998. The highest BCUT2D eigenvalue weighted by Crippen LogP contribution is 2.29. The fourth-order valence-corrected chi connectivity index (χ4v) is 4.21. The Hall–Kier alpha value is -3.18. The number of aryl methyl sites for hydroxylation is 1. The highest BCUT2D eigenvalue weighted by atomic mass is 16.1. The number of aromatic amines is 1. The number of aromatic nitrogens is 2. The Kier molecular flexibility index (Phi) is 6.10. The Morgan fingerprint density at radius 3 is 2.07 bits per heavy atom. The molecule has 0 bridgehead atoms. The van der Waals surface area contributed by atoms with Gasteiger partial charge < -0.3 is 4.90 Å². The first kappa shape index (κ1) is 20.1. The van der Waals surface area contributed by atoms with Gasteiger partial charge in [0.05, 0.1) is 11.7 Å². The van der Waals surface area contributed by atoms with Gasteiger partial charge in [-0.3, -0.25) is 14.7 Å². The van der Waals surface area contributed by atoms with E-state index in [2.05, 4.69) is 87.0 Å². The second-order valence-corrected chi connectivity index (χ2v) is 7.69. The third-order valence-electron chi connectivity index (χ3n) is 5.77. The third kappa shape index (κ3) is 4.21. The number of hydrogen-bond acceptors (Lipinski definition) is 4. The van der Waals surface area contributed by atoms with E-state index in [-0.39, 0.29) is 11.6 Å². The SMILES string of the molecule is C=CCc1c(C)nc(N2CCN(C(c3ccccc3)c3ccccc3)CC2)[nH]c1=O. The lowest BCUT2D eigenvalue weighted by atomic mass is 9.96. The molecular formula is C25H28N4O. The monoisotopic (exact) mass is 400 g/mol. The predicted molar refractivity (Wildman–Crippen MR) is 122 cm³/mol. The highest BCUT2D eigenvalue weighted by molar-refractivity contribution is 5.36. The molecule has 1 aromatic heterocycles. The van der Waals surface area contributed by atoms with Gasteiger partial charge in [0, 0.05) is 31.7 Å². The molecule has 1 fully saturated rings. The molecule has 0 radical (unpaired) electrons. The number of benzene rings is 2. The number of rotatable bonds is 6. The lowest BCUT2D eigenvalue weighted by molar-refractivity contribution is 0.211. The summed E-state index contributed by atoms with van der Waals surface area (Å²) < 4.78 is 0. The van der Waals surface area contributed by atoms with E-state index in [1.807, 2.05) is 6.92 Å². The first-order valence-corrected chi connectivity index (χ1v) is 10.5. The van der Waals surface area contributed by atoms with Crippen LogP contribution in [-0.4, -0.2) is 41.0 Å². The molecule has 1 N–H and O–H groups in total. The molecular weight excluding hydrogens is 372 g/mol. The molecule has 154 valence electrons. The van der Waals surface area contributed by atoms with Crippen LogP contribution in [0.3, 0.4) is 0 Å². The minimum Gasteiger partial charge on any atom is -0.340 e. The van der Waals surface area contributed by atoms with E-state index >= 15 is 0 Å². The molecule has 2 aromatic carbocycles. The quantitative estimate of drug-likeness (QED) is 0.641. The van der Waals surface area contributed by atoms with Crippen LogP contribution in [0.2, 0.25) is 0 Å². The van der Waals surface area contributed by atoms with Crippen LogP contribution >= 0.6 is 0 Å². The summed E-state index contributed by atoms with van der Waals surface area (Å²) in [7, 11) is 0. The molecule has 0 amide bonds. The molecule has 4 rings (SSSR count). The number of anilines is 1. The summed E-state index contributed by atoms with van der Waals surface area (Å²) >= 11 is 0. The molecule has 5 heteroatoms. The molecule has 1 saturated heterocycles. The predicted octanol–water partition coefficient (Wildman–Crippen LogP) is 3.72. The van der Waals surface area contributed by atoms with Crippen LogP contribution in [0, 0.1) is 6.92 Å². The van der Waals surface area contributed by atoms with Gasteiger partial charge in [0.1, 0.15) is 0 Å². The minimum atomic E-state index is -0.0636. The third-order valence-corrected chi connectivity index (χ3v) is 5.77. The van der Waals surface area contributed by atoms with E-state index in [0.717, 1.165) is 31.9 Å². The molecule has 1 aliphatic rings. The van der Waals surface area contributed by atoms with Crippen molar-refractivity contribution in [2.75, 3.05) is 31.1 Å². The number of nitrogens with one attached hydrogen (secondary N) is 1. The van der Waals surface area contributed by atoms with Gasteiger partial charge in [-0.15, -0.1) is 6.58 Å². The Labute approximate surface area is 177 Å². The van der Waals surface area contributed by atoms with Crippen molar-refractivity contribution in [2.45, 2.75) is 19.4 Å². The summed E-state index contributed by atoms with van der Waals surface area (Å²) in [6.07, 6.45) is 2.28. The van der Waals surface area contributed by atoms with Crippen molar-refractivity contribution in [3.8, 4) is 0 Å². The van der Waals surface area contributed by atoms with Crippen molar-refractivity contribution in [3.05, 3.63) is 106 Å². The van der Waals surface area contributed by atoms with Gasteiger partial charge in [-0.05, 0) is 24.5 Å². The molecule has 1 aliphatic heterocycles. The fourth-order valence-electron chi connectivity index (χ4n) is 4.21. The number of nitrogens with zero attached hydrogens (tertiary/aromatic N) is 3. The standard InChI is InChI=1S/C25H28N4O/c1-3-10-22-19(2)26-25(27-24(22)30)29-17-15-28(16-18-29)23(20-11-6-4-7-12-20)21-13-8-5-9-14-21/h3-9,11-14,23H,1,10,15-18H2,2H3,(H,26,27,30). The Morgan fingerprint density at radius 1 is 1.00 bits per heavy atom. The fraction of sp³-hybridized carbons (Fsp3) is 0.280. The molecule has 0 spiro atoms. The summed E-state index contributed by atoms with van der Waals surface area (Å²) in [6.45, 7) is 9.05. The second kappa shape index (κ2) is 9.09. The molecule has 2 heterocycles. The van der Waals surface area contributed by atoms with E-state index in [1.165, 1.54) is 11.1 Å². The number of piperazine rings is 1. The maximum Gasteiger partial charge on any atom is 0.256 e. The molecule has 3 aromatic rings. The van der Waals surface area contributed by atoms with Crippen molar-refractivity contribution in [1.82, 2.24) is 14.9 Å². The van der Waals surface area contributed by atoms with Crippen LogP contribution in [0.15, 0.2) is 78.1 Å². The smallest absolute Gasteiger partial charge is 0.256 e.